The molecule has 0 saturated carbocycles. The number of aryl methyl sites for hydroxylation is 2. The van der Waals surface area contributed by atoms with E-state index in [0.717, 1.165) is 22.7 Å². The van der Waals surface area contributed by atoms with Crippen molar-refractivity contribution in [3.8, 4) is 5.82 Å². The summed E-state index contributed by atoms with van der Waals surface area (Å²) in [6.07, 6.45) is 1.28. The first-order valence-corrected chi connectivity index (χ1v) is 9.17. The highest BCUT2D eigenvalue weighted by Gasteiger charge is 2.18. The van der Waals surface area contributed by atoms with Crippen molar-refractivity contribution in [2.75, 3.05) is 4.72 Å². The molecule has 0 aliphatic heterocycles. The number of hydrogen-bond acceptors (Lipinski definition) is 6. The maximum Gasteiger partial charge on any atom is 0.272 e. The number of rotatable bonds is 4. The Bertz CT molecular complexity index is 964. The molecule has 0 spiro atoms. The molecule has 0 unspecified atom stereocenters. The molecule has 0 aliphatic rings. The van der Waals surface area contributed by atoms with Gasteiger partial charge in [0, 0.05) is 11.8 Å². The zero-order valence-electron chi connectivity index (χ0n) is 12.2. The van der Waals surface area contributed by atoms with Gasteiger partial charge in [0.1, 0.15) is 16.4 Å². The summed E-state index contributed by atoms with van der Waals surface area (Å²) in [6.45, 7) is 3.76. The minimum Gasteiger partial charge on any atom is -0.263 e. The van der Waals surface area contributed by atoms with Crippen LogP contribution in [-0.4, -0.2) is 28.2 Å². The second-order valence-corrected chi connectivity index (χ2v) is 8.39. The number of thiophene rings is 1. The summed E-state index contributed by atoms with van der Waals surface area (Å²) in [5, 5.41) is 4.31. The van der Waals surface area contributed by atoms with Gasteiger partial charge < -0.3 is 0 Å². The molecule has 0 amide bonds. The van der Waals surface area contributed by atoms with Crippen LogP contribution in [-0.2, 0) is 10.0 Å². The molecule has 0 aromatic carbocycles. The van der Waals surface area contributed by atoms with Crippen LogP contribution >= 0.6 is 22.9 Å². The van der Waals surface area contributed by atoms with Gasteiger partial charge in [0.25, 0.3) is 10.0 Å². The monoisotopic (exact) mass is 369 g/mol. The van der Waals surface area contributed by atoms with Crippen molar-refractivity contribution < 1.29 is 8.42 Å². The molecule has 0 aliphatic carbocycles. The van der Waals surface area contributed by atoms with Crippen LogP contribution in [0, 0.1) is 13.8 Å². The minimum atomic E-state index is -3.73. The van der Waals surface area contributed by atoms with Gasteiger partial charge in [0.2, 0.25) is 0 Å². The van der Waals surface area contributed by atoms with Crippen LogP contribution in [0.4, 0.5) is 5.82 Å². The molecule has 3 rings (SSSR count). The van der Waals surface area contributed by atoms with Gasteiger partial charge in [-0.2, -0.15) is 5.10 Å². The molecule has 0 radical (unpaired) electrons. The number of nitrogens with zero attached hydrogens (tertiary/aromatic N) is 4. The first-order chi connectivity index (χ1) is 10.8. The number of nitrogens with one attached hydrogen (secondary N) is 1. The third-order valence-electron chi connectivity index (χ3n) is 2.93. The summed E-state index contributed by atoms with van der Waals surface area (Å²) in [4.78, 5) is 8.07. The fourth-order valence-corrected chi connectivity index (χ4v) is 4.49. The first kappa shape index (κ1) is 15.9. The molecule has 23 heavy (non-hydrogen) atoms. The Morgan fingerprint density at radius 2 is 2.00 bits per heavy atom. The summed E-state index contributed by atoms with van der Waals surface area (Å²) in [5.41, 5.74) is 1.73. The number of halogens is 1. The fourth-order valence-electron chi connectivity index (χ4n) is 2.01. The molecule has 3 aromatic rings. The van der Waals surface area contributed by atoms with Gasteiger partial charge in [-0.05, 0) is 32.0 Å². The maximum absolute atomic E-state index is 12.3. The van der Waals surface area contributed by atoms with Crippen molar-refractivity contribution >= 4 is 38.8 Å². The van der Waals surface area contributed by atoms with E-state index in [4.69, 9.17) is 11.6 Å². The van der Waals surface area contributed by atoms with Gasteiger partial charge in [-0.3, -0.25) is 4.72 Å². The lowest BCUT2D eigenvalue weighted by Crippen LogP contribution is -2.13. The van der Waals surface area contributed by atoms with Crippen LogP contribution in [0.25, 0.3) is 5.82 Å². The van der Waals surface area contributed by atoms with Gasteiger partial charge in [0.05, 0.1) is 10.0 Å². The van der Waals surface area contributed by atoms with Gasteiger partial charge in [-0.15, -0.1) is 11.3 Å². The smallest absolute Gasteiger partial charge is 0.263 e. The molecule has 1 N–H and O–H groups in total. The predicted molar refractivity (Wildman–Crippen MR) is 88.8 cm³/mol. The van der Waals surface area contributed by atoms with Crippen molar-refractivity contribution in [2.45, 2.75) is 18.1 Å². The summed E-state index contributed by atoms with van der Waals surface area (Å²) in [5.74, 6) is 0.639. The van der Waals surface area contributed by atoms with Crippen molar-refractivity contribution in [3.63, 3.8) is 0 Å². The number of anilines is 1. The van der Waals surface area contributed by atoms with Crippen molar-refractivity contribution in [1.82, 2.24) is 19.7 Å². The molecular formula is C13H12ClN5O2S2. The Morgan fingerprint density at radius 1 is 1.22 bits per heavy atom. The van der Waals surface area contributed by atoms with Crippen LogP contribution in [0.15, 0.2) is 34.8 Å². The zero-order chi connectivity index (χ0) is 16.6. The molecule has 3 aromatic heterocycles. The number of aromatic nitrogens is 4. The zero-order valence-corrected chi connectivity index (χ0v) is 14.6. The van der Waals surface area contributed by atoms with E-state index in [0.29, 0.717) is 10.2 Å². The van der Waals surface area contributed by atoms with Crippen LogP contribution < -0.4 is 4.72 Å². The van der Waals surface area contributed by atoms with E-state index in [9.17, 15) is 8.42 Å². The van der Waals surface area contributed by atoms with Crippen molar-refractivity contribution in [2.24, 2.45) is 0 Å². The lowest BCUT2D eigenvalue weighted by Gasteiger charge is -2.07. The van der Waals surface area contributed by atoms with Gasteiger partial charge in [-0.25, -0.2) is 23.1 Å². The molecule has 10 heteroatoms. The van der Waals surface area contributed by atoms with E-state index in [1.807, 2.05) is 19.9 Å². The average molecular weight is 370 g/mol. The summed E-state index contributed by atoms with van der Waals surface area (Å²) in [7, 11) is -3.73. The lowest BCUT2D eigenvalue weighted by atomic mass is 10.4. The normalized spacial score (nSPS) is 11.6. The largest absolute Gasteiger partial charge is 0.272 e. The number of sulfonamides is 1. The van der Waals surface area contributed by atoms with Crippen LogP contribution in [0.3, 0.4) is 0 Å². The first-order valence-electron chi connectivity index (χ1n) is 6.49. The Kier molecular flexibility index (Phi) is 4.09. The Balaban J connectivity index is 1.93. The highest BCUT2D eigenvalue weighted by Crippen LogP contribution is 2.27. The average Bonchev–Trinajstić information content (AvgIpc) is 3.05. The Morgan fingerprint density at radius 3 is 2.61 bits per heavy atom. The van der Waals surface area contributed by atoms with Crippen LogP contribution in [0.1, 0.15) is 11.4 Å². The topological polar surface area (TPSA) is 89.8 Å². The quantitative estimate of drug-likeness (QED) is 0.763. The van der Waals surface area contributed by atoms with E-state index in [1.54, 1.807) is 4.68 Å². The SMILES string of the molecule is Cc1cc(C)n(-c2cc(NS(=O)(=O)c3ccc(Cl)s3)ncn2)n1. The van der Waals surface area contributed by atoms with Crippen molar-refractivity contribution in [1.29, 1.82) is 0 Å². The van der Waals surface area contributed by atoms with E-state index in [1.165, 1.54) is 24.5 Å². The Hall–Kier alpha value is -1.97. The second-order valence-electron chi connectivity index (χ2n) is 4.76. The van der Waals surface area contributed by atoms with Crippen LogP contribution in [0.2, 0.25) is 4.34 Å². The van der Waals surface area contributed by atoms with E-state index in [2.05, 4.69) is 19.8 Å². The fraction of sp³-hybridized carbons (Fsp3) is 0.154. The maximum atomic E-state index is 12.3. The van der Waals surface area contributed by atoms with E-state index >= 15 is 0 Å². The predicted octanol–water partition coefficient (Wildman–Crippen LogP) is 2.79. The highest BCUT2D eigenvalue weighted by atomic mass is 35.5. The molecule has 0 fully saturated rings. The Labute approximate surface area is 142 Å². The molecular weight excluding hydrogens is 358 g/mol. The third kappa shape index (κ3) is 3.36. The standard InChI is InChI=1S/C13H12ClN5O2S2/c1-8-5-9(2)19(17-8)12-6-11(15-7-16-12)18-23(20,21)13-4-3-10(14)22-13/h3-7H,1-2H3,(H,15,16,18). The second kappa shape index (κ2) is 5.91. The summed E-state index contributed by atoms with van der Waals surface area (Å²) < 4.78 is 29.1. The molecule has 120 valence electrons. The summed E-state index contributed by atoms with van der Waals surface area (Å²) >= 11 is 6.76. The molecule has 0 bridgehead atoms. The highest BCUT2D eigenvalue weighted by molar-refractivity contribution is 7.94. The molecule has 0 saturated heterocycles. The van der Waals surface area contributed by atoms with Crippen LogP contribution in [0.5, 0.6) is 0 Å². The van der Waals surface area contributed by atoms with Gasteiger partial charge >= 0.3 is 0 Å². The van der Waals surface area contributed by atoms with Gasteiger partial charge in [-0.1, -0.05) is 11.6 Å². The molecule has 7 nitrogen and oxygen atoms in total. The summed E-state index contributed by atoms with van der Waals surface area (Å²) in [6, 6.07) is 6.40. The molecule has 3 heterocycles. The molecule has 0 atom stereocenters. The van der Waals surface area contributed by atoms with E-state index in [-0.39, 0.29) is 10.0 Å². The van der Waals surface area contributed by atoms with Gasteiger partial charge in [0.15, 0.2) is 5.82 Å². The minimum absolute atomic E-state index is 0.119. The number of hydrogen-bond donors (Lipinski definition) is 1. The lowest BCUT2D eigenvalue weighted by molar-refractivity contribution is 0.603. The van der Waals surface area contributed by atoms with Crippen molar-refractivity contribution in [3.05, 3.63) is 46.3 Å². The third-order valence-corrected chi connectivity index (χ3v) is 6.01. The van der Waals surface area contributed by atoms with E-state index < -0.39 is 10.0 Å².